The Bertz CT molecular complexity index is 714. The zero-order valence-corrected chi connectivity index (χ0v) is 12.8. The molecule has 2 aromatic carbocycles. The molecule has 1 atom stereocenters. The summed E-state index contributed by atoms with van der Waals surface area (Å²) in [6, 6.07) is 14.9. The minimum absolute atomic E-state index is 0.0225. The largest absolute Gasteiger partial charge is 0.548 e. The van der Waals surface area contributed by atoms with E-state index in [0.717, 1.165) is 11.3 Å². The van der Waals surface area contributed by atoms with Gasteiger partial charge in [-0.3, -0.25) is 4.79 Å². The topological polar surface area (TPSA) is 117 Å². The van der Waals surface area contributed by atoms with Crippen molar-refractivity contribution >= 4 is 23.3 Å². The lowest BCUT2D eigenvalue weighted by molar-refractivity contribution is -0.307. The highest BCUT2D eigenvalue weighted by Crippen LogP contribution is 2.18. The van der Waals surface area contributed by atoms with Crippen molar-refractivity contribution < 1.29 is 19.4 Å². The summed E-state index contributed by atoms with van der Waals surface area (Å²) in [5, 5.41) is 18.6. The van der Waals surface area contributed by atoms with Crippen LogP contribution in [0.25, 0.3) is 0 Å². The maximum Gasteiger partial charge on any atom is 0.308 e. The number of rotatable bonds is 7. The van der Waals surface area contributed by atoms with Gasteiger partial charge in [0.25, 0.3) is 0 Å². The van der Waals surface area contributed by atoms with Gasteiger partial charge in [0, 0.05) is 0 Å². The number of carboxylic acids is 1. The number of carbonyl (C=O) groups excluding carboxylic acids is 2. The van der Waals surface area contributed by atoms with Gasteiger partial charge < -0.3 is 20.4 Å². The SMILES string of the molecule is N[C@@H](CC(=O)OCc1ccc(N=Nc2ccccc2)cc1)C(=O)[O-]. The first-order valence-corrected chi connectivity index (χ1v) is 7.22. The molecule has 0 heterocycles. The first kappa shape index (κ1) is 17.3. The first-order chi connectivity index (χ1) is 11.5. The Hall–Kier alpha value is -3.06. The number of azo groups is 1. The molecule has 2 aromatic rings. The number of carbonyl (C=O) groups is 2. The van der Waals surface area contributed by atoms with Gasteiger partial charge in [0.1, 0.15) is 6.61 Å². The molecule has 0 saturated carbocycles. The molecule has 124 valence electrons. The average molecular weight is 326 g/mol. The third kappa shape index (κ3) is 5.62. The molecule has 0 aliphatic rings. The number of benzene rings is 2. The smallest absolute Gasteiger partial charge is 0.308 e. The fourth-order valence-electron chi connectivity index (χ4n) is 1.75. The van der Waals surface area contributed by atoms with E-state index in [0.29, 0.717) is 5.69 Å². The standard InChI is InChI=1S/C17H17N3O4/c18-15(17(22)23)10-16(21)24-11-12-6-8-14(9-7-12)20-19-13-4-2-1-3-5-13/h1-9,15H,10-11,18H2,(H,22,23)/p-1/t15-/m0/s1. The van der Waals surface area contributed by atoms with Crippen LogP contribution in [0.5, 0.6) is 0 Å². The Balaban J connectivity index is 1.85. The molecule has 7 nitrogen and oxygen atoms in total. The van der Waals surface area contributed by atoms with E-state index < -0.39 is 24.4 Å². The van der Waals surface area contributed by atoms with Crippen molar-refractivity contribution in [1.82, 2.24) is 0 Å². The van der Waals surface area contributed by atoms with Crippen LogP contribution in [0.2, 0.25) is 0 Å². The van der Waals surface area contributed by atoms with E-state index >= 15 is 0 Å². The van der Waals surface area contributed by atoms with Gasteiger partial charge in [-0.1, -0.05) is 30.3 Å². The molecule has 0 fully saturated rings. The lowest BCUT2D eigenvalue weighted by atomic mass is 10.2. The molecule has 0 radical (unpaired) electrons. The second kappa shape index (κ2) is 8.54. The van der Waals surface area contributed by atoms with E-state index in [1.165, 1.54) is 0 Å². The van der Waals surface area contributed by atoms with Crippen molar-refractivity contribution in [2.24, 2.45) is 16.0 Å². The van der Waals surface area contributed by atoms with Crippen LogP contribution < -0.4 is 10.8 Å². The Kier molecular flexibility index (Phi) is 6.16. The highest BCUT2D eigenvalue weighted by Gasteiger charge is 2.11. The molecule has 2 N–H and O–H groups in total. The van der Waals surface area contributed by atoms with Crippen molar-refractivity contribution in [2.45, 2.75) is 19.1 Å². The summed E-state index contributed by atoms with van der Waals surface area (Å²) in [6.45, 7) is 0.0225. The molecule has 0 aliphatic heterocycles. The van der Waals surface area contributed by atoms with Crippen molar-refractivity contribution in [3.05, 3.63) is 60.2 Å². The minimum atomic E-state index is -1.49. The van der Waals surface area contributed by atoms with E-state index in [-0.39, 0.29) is 6.61 Å². The normalized spacial score (nSPS) is 12.0. The number of nitrogens with zero attached hydrogens (tertiary/aromatic N) is 2. The first-order valence-electron chi connectivity index (χ1n) is 7.22. The van der Waals surface area contributed by atoms with Gasteiger partial charge in [0.2, 0.25) is 0 Å². The molecule has 2 rings (SSSR count). The molecule has 24 heavy (non-hydrogen) atoms. The zero-order valence-electron chi connectivity index (χ0n) is 12.8. The molecule has 0 unspecified atom stereocenters. The van der Waals surface area contributed by atoms with Crippen molar-refractivity contribution in [1.29, 1.82) is 0 Å². The second-order valence-electron chi connectivity index (χ2n) is 4.99. The van der Waals surface area contributed by atoms with Gasteiger partial charge in [-0.15, -0.1) is 0 Å². The van der Waals surface area contributed by atoms with Crippen molar-refractivity contribution in [2.75, 3.05) is 0 Å². The van der Waals surface area contributed by atoms with E-state index in [1.807, 2.05) is 30.3 Å². The quantitative estimate of drug-likeness (QED) is 0.612. The van der Waals surface area contributed by atoms with E-state index in [1.54, 1.807) is 24.3 Å². The summed E-state index contributed by atoms with van der Waals surface area (Å²) in [5.74, 6) is -2.18. The molecule has 0 aliphatic carbocycles. The lowest BCUT2D eigenvalue weighted by Crippen LogP contribution is -2.43. The third-order valence-electron chi connectivity index (χ3n) is 3.06. The molecule has 0 aromatic heterocycles. The molecular formula is C17H16N3O4-. The average Bonchev–Trinajstić information content (AvgIpc) is 2.60. The maximum atomic E-state index is 11.4. The highest BCUT2D eigenvalue weighted by molar-refractivity contribution is 5.79. The van der Waals surface area contributed by atoms with Gasteiger partial charge in [0.05, 0.1) is 29.8 Å². The molecule has 0 bridgehead atoms. The van der Waals surface area contributed by atoms with Gasteiger partial charge in [-0.05, 0) is 29.8 Å². The third-order valence-corrected chi connectivity index (χ3v) is 3.06. The Morgan fingerprint density at radius 2 is 1.58 bits per heavy atom. The Labute approximate surface area is 138 Å². The Morgan fingerprint density at radius 3 is 2.17 bits per heavy atom. The van der Waals surface area contributed by atoms with Crippen LogP contribution in [0.4, 0.5) is 11.4 Å². The number of nitrogens with two attached hydrogens (primary N) is 1. The fourth-order valence-corrected chi connectivity index (χ4v) is 1.75. The van der Waals surface area contributed by atoms with Crippen LogP contribution in [-0.2, 0) is 20.9 Å². The van der Waals surface area contributed by atoms with Gasteiger partial charge >= 0.3 is 5.97 Å². The predicted octanol–water partition coefficient (Wildman–Crippen LogP) is 1.61. The number of aliphatic carboxylic acids is 1. The zero-order chi connectivity index (χ0) is 17.4. The molecule has 0 amide bonds. The lowest BCUT2D eigenvalue weighted by Gasteiger charge is -2.11. The van der Waals surface area contributed by atoms with E-state index in [2.05, 4.69) is 10.2 Å². The minimum Gasteiger partial charge on any atom is -0.548 e. The van der Waals surface area contributed by atoms with E-state index in [9.17, 15) is 14.7 Å². The van der Waals surface area contributed by atoms with Crippen LogP contribution in [0.15, 0.2) is 64.8 Å². The number of carboxylic acid groups (broad SMARTS) is 1. The molecular weight excluding hydrogens is 310 g/mol. The van der Waals surface area contributed by atoms with Crippen LogP contribution in [0, 0.1) is 0 Å². The highest BCUT2D eigenvalue weighted by atomic mass is 16.5. The number of hydrogen-bond acceptors (Lipinski definition) is 7. The summed E-state index contributed by atoms with van der Waals surface area (Å²) >= 11 is 0. The molecule has 0 spiro atoms. The molecule has 7 heteroatoms. The monoisotopic (exact) mass is 326 g/mol. The van der Waals surface area contributed by atoms with Gasteiger partial charge in [0.15, 0.2) is 0 Å². The molecule has 0 saturated heterocycles. The second-order valence-corrected chi connectivity index (χ2v) is 4.99. The van der Waals surface area contributed by atoms with E-state index in [4.69, 9.17) is 10.5 Å². The summed E-state index contributed by atoms with van der Waals surface area (Å²) in [6.07, 6.45) is -0.425. The van der Waals surface area contributed by atoms with Crippen LogP contribution in [0.1, 0.15) is 12.0 Å². The number of ether oxygens (including phenoxy) is 1. The van der Waals surface area contributed by atoms with Crippen molar-refractivity contribution in [3.8, 4) is 0 Å². The summed E-state index contributed by atoms with van der Waals surface area (Å²) in [4.78, 5) is 21.9. The van der Waals surface area contributed by atoms with Crippen molar-refractivity contribution in [3.63, 3.8) is 0 Å². The predicted molar refractivity (Wildman–Crippen MR) is 84.5 cm³/mol. The summed E-state index contributed by atoms with van der Waals surface area (Å²) in [5.41, 5.74) is 7.35. The number of esters is 1. The maximum absolute atomic E-state index is 11.4. The fraction of sp³-hybridized carbons (Fsp3) is 0.176. The Morgan fingerprint density at radius 1 is 1.00 bits per heavy atom. The van der Waals surface area contributed by atoms with Crippen LogP contribution in [0.3, 0.4) is 0 Å². The summed E-state index contributed by atoms with van der Waals surface area (Å²) < 4.78 is 4.95. The van der Waals surface area contributed by atoms with Crippen LogP contribution >= 0.6 is 0 Å². The number of hydrogen-bond donors (Lipinski definition) is 1. The van der Waals surface area contributed by atoms with Gasteiger partial charge in [-0.2, -0.15) is 10.2 Å². The van der Waals surface area contributed by atoms with Gasteiger partial charge in [-0.25, -0.2) is 0 Å². The van der Waals surface area contributed by atoms with Crippen LogP contribution in [-0.4, -0.2) is 18.0 Å². The summed E-state index contributed by atoms with van der Waals surface area (Å²) in [7, 11) is 0.